The maximum absolute atomic E-state index is 14.7. The summed E-state index contributed by atoms with van der Waals surface area (Å²) >= 11 is 0. The van der Waals surface area contributed by atoms with E-state index in [2.05, 4.69) is 14.2 Å². The van der Waals surface area contributed by atoms with Crippen LogP contribution in [0.15, 0.2) is 0 Å². The summed E-state index contributed by atoms with van der Waals surface area (Å²) in [5.74, 6) is -17.2. The summed E-state index contributed by atoms with van der Waals surface area (Å²) in [6.45, 7) is 30.5. The number of esters is 4. The lowest BCUT2D eigenvalue weighted by Crippen LogP contribution is -2.67. The van der Waals surface area contributed by atoms with Crippen LogP contribution in [-0.4, -0.2) is 196 Å². The first kappa shape index (κ1) is 127. The van der Waals surface area contributed by atoms with Crippen molar-refractivity contribution in [3.8, 4) is 0 Å². The second-order valence-electron chi connectivity index (χ2n) is 44.0. The molecule has 0 N–H and O–H groups in total. The highest BCUT2D eigenvalue weighted by atomic mass is 19.4. The monoisotopic (exact) mass is 2120 g/mol. The number of fused-ring (bicyclic) bond motifs is 6. The Balaban J connectivity index is 0.000000403. The normalized spacial score (nSPS) is 27.6. The smallest absolute Gasteiger partial charge is 0.462 e. The molecule has 0 aromatic heterocycles. The first-order valence-corrected chi connectivity index (χ1v) is 45.7. The molecular formula is C91H130F28O23. The molecule has 23 nitrogen and oxygen atoms in total. The molecule has 7 fully saturated rings. The van der Waals surface area contributed by atoms with Gasteiger partial charge in [0.15, 0.2) is 16.2 Å². The van der Waals surface area contributed by atoms with Crippen LogP contribution >= 0.6 is 0 Å². The van der Waals surface area contributed by atoms with Crippen molar-refractivity contribution in [1.29, 1.82) is 0 Å². The molecule has 23 unspecified atom stereocenters. The molecule has 23 atom stereocenters. The standard InChI is InChI=1S/C28H38F12O8.C22H32F6O5.C21H30F6O5.C20H30F4O5/c1-10-22(8,25(29,30)31)17(41)44-16-12-14(23(9,26(32,33)34)47-18(42)45-20(2,3)4)11-15(13-16)24(27(35,36)37,28(38,39)40)48-19(43)46-21(5,6)7;1-7-19(5,21(23,24)25)16(29)31-15-10-12-8-13(15)9-14(12)11-20(6,22(26,27)28)33-17(30)32-18(2,3)4;1-7-18(5,20(22,23)24)15(28)30-14-10-11-8-12(14)9-13(11)19(6,21(25,26)27)32-16(29)31-17(2,3)4;1-7-18(5,21)15(25)27-14-10-11-8-12(14)9-13(11)19(6,20(22,23)24)29-16(26)28-17(2,3)4/h14-16H,10-13H2,1-9H3;12-15H,7-11H2,1-6H3;11-14H,7-10H2,1-6H3;11-14H,7-10H2,1-6H3. The zero-order valence-corrected chi connectivity index (χ0v) is 83.7. The van der Waals surface area contributed by atoms with Gasteiger partial charge in [0.05, 0.1) is 0 Å². The van der Waals surface area contributed by atoms with Crippen LogP contribution in [0.2, 0.25) is 0 Å². The Morgan fingerprint density at radius 3 is 0.754 bits per heavy atom. The fourth-order valence-corrected chi connectivity index (χ4v) is 18.4. The third-order valence-electron chi connectivity index (χ3n) is 27.6. The Bertz CT molecular complexity index is 4320. The van der Waals surface area contributed by atoms with Gasteiger partial charge in [0.2, 0.25) is 28.1 Å². The Morgan fingerprint density at radius 2 is 0.500 bits per heavy atom. The Kier molecular flexibility index (Phi) is 38.2. The number of carbonyl (C=O) groups is 9. The average molecular weight is 2120 g/mol. The van der Waals surface area contributed by atoms with Crippen LogP contribution in [0.25, 0.3) is 0 Å². The van der Waals surface area contributed by atoms with Crippen LogP contribution < -0.4 is 0 Å². The molecule has 0 aliphatic heterocycles. The van der Waals surface area contributed by atoms with Gasteiger partial charge in [-0.05, 0) is 310 Å². The first-order chi connectivity index (χ1) is 62.9. The predicted molar refractivity (Wildman–Crippen MR) is 440 cm³/mol. The molecule has 0 heterocycles. The van der Waals surface area contributed by atoms with Crippen LogP contribution in [0.5, 0.6) is 0 Å². The SMILES string of the molecule is CCC(C)(C(=O)OC1CC(C(C)(OC(=O)OC(C)(C)C)C(F)(F)F)CC(C(OC(=O)OC(C)(C)C)(C(F)(F)F)C(F)(F)F)C1)C(F)(F)F.CCC(C)(C(=O)OC1CC2CC1CC2C(C)(OC(=O)OC(C)(C)C)C(F)(F)F)C(F)(F)F.CCC(C)(C(=O)OC1CC2CC1CC2CC(C)(OC(=O)OC(C)(C)C)C(F)(F)F)C(F)(F)F.CCC(C)(F)C(=O)OC1CC2CC1CC2C(C)(OC(=O)OC(C)(C)C)C(F)(F)F. The van der Waals surface area contributed by atoms with E-state index in [0.717, 1.165) is 69.2 Å². The molecule has 7 saturated carbocycles. The van der Waals surface area contributed by atoms with Crippen molar-refractivity contribution in [2.75, 3.05) is 0 Å². The Hall–Kier alpha value is -7.73. The minimum Gasteiger partial charge on any atom is -0.462 e. The largest absolute Gasteiger partial charge is 0.510 e. The number of hydrogen-bond donors (Lipinski definition) is 0. The van der Waals surface area contributed by atoms with Crippen LogP contribution in [0, 0.1) is 81.3 Å². The van der Waals surface area contributed by atoms with Crippen molar-refractivity contribution in [2.24, 2.45) is 81.3 Å². The number of rotatable bonds is 23. The molecule has 7 aliphatic rings. The zero-order chi connectivity index (χ0) is 111. The second kappa shape index (κ2) is 42.8. The first-order valence-electron chi connectivity index (χ1n) is 45.7. The van der Waals surface area contributed by atoms with Crippen LogP contribution in [0.1, 0.15) is 296 Å². The minimum atomic E-state index is -6.66. The lowest BCUT2D eigenvalue weighted by molar-refractivity contribution is -0.392. The quantitative estimate of drug-likeness (QED) is 0.0522. The van der Waals surface area contributed by atoms with Crippen molar-refractivity contribution in [1.82, 2.24) is 0 Å². The van der Waals surface area contributed by atoms with Gasteiger partial charge in [-0.2, -0.15) is 119 Å². The topological polar surface area (TPSA) is 283 Å². The summed E-state index contributed by atoms with van der Waals surface area (Å²) in [4.78, 5) is 110. The van der Waals surface area contributed by atoms with E-state index in [9.17, 15) is 166 Å². The van der Waals surface area contributed by atoms with Crippen LogP contribution in [0.3, 0.4) is 0 Å². The maximum Gasteiger partial charge on any atom is 0.510 e. The van der Waals surface area contributed by atoms with E-state index in [1.165, 1.54) is 104 Å². The van der Waals surface area contributed by atoms with Gasteiger partial charge in [0, 0.05) is 23.7 Å². The summed E-state index contributed by atoms with van der Waals surface area (Å²) in [6.07, 6.45) is -68.2. The van der Waals surface area contributed by atoms with Crippen LogP contribution in [-0.2, 0) is 85.5 Å². The molecule has 142 heavy (non-hydrogen) atoms. The van der Waals surface area contributed by atoms with Gasteiger partial charge < -0.3 is 66.3 Å². The van der Waals surface area contributed by atoms with E-state index < -0.39 is 305 Å². The molecule has 0 spiro atoms. The van der Waals surface area contributed by atoms with E-state index in [1.807, 2.05) is 0 Å². The molecule has 0 aromatic rings. The zero-order valence-electron chi connectivity index (χ0n) is 83.7. The van der Waals surface area contributed by atoms with Crippen molar-refractivity contribution < 1.29 is 232 Å². The van der Waals surface area contributed by atoms with E-state index in [-0.39, 0.29) is 76.0 Å². The van der Waals surface area contributed by atoms with Crippen molar-refractivity contribution >= 4 is 54.7 Å². The fourth-order valence-electron chi connectivity index (χ4n) is 18.4. The molecule has 0 radical (unpaired) electrons. The molecular weight excluding hydrogens is 1990 g/mol. The third kappa shape index (κ3) is 29.9. The lowest BCUT2D eigenvalue weighted by Gasteiger charge is -2.49. The average Bonchev–Trinajstić information content (AvgIpc) is 0.846. The van der Waals surface area contributed by atoms with Gasteiger partial charge in [0.1, 0.15) is 52.4 Å². The van der Waals surface area contributed by atoms with Crippen LogP contribution in [0.4, 0.5) is 147 Å². The third-order valence-corrected chi connectivity index (χ3v) is 27.6. The summed E-state index contributed by atoms with van der Waals surface area (Å²) in [6, 6.07) is 0. The van der Waals surface area contributed by atoms with Crippen molar-refractivity contribution in [3.63, 3.8) is 0 Å². The fraction of sp³-hybridized carbons (Fsp3) is 0.901. The summed E-state index contributed by atoms with van der Waals surface area (Å²) in [7, 11) is 0. The number of ether oxygens (including phenoxy) is 14. The molecule has 51 heteroatoms. The molecule has 6 bridgehead atoms. The lowest BCUT2D eigenvalue weighted by atomic mass is 9.66. The molecule has 7 rings (SSSR count). The van der Waals surface area contributed by atoms with Crippen molar-refractivity contribution in [3.05, 3.63) is 0 Å². The van der Waals surface area contributed by atoms with Gasteiger partial charge in [-0.1, -0.05) is 27.7 Å². The van der Waals surface area contributed by atoms with Gasteiger partial charge in [0.25, 0.3) is 0 Å². The summed E-state index contributed by atoms with van der Waals surface area (Å²) in [5, 5.41) is 0. The number of halogens is 28. The number of carbonyl (C=O) groups excluding carboxylic acids is 9. The van der Waals surface area contributed by atoms with Gasteiger partial charge >= 0.3 is 116 Å². The highest BCUT2D eigenvalue weighted by Gasteiger charge is 2.80. The van der Waals surface area contributed by atoms with Crippen molar-refractivity contribution in [2.45, 2.75) is 438 Å². The highest BCUT2D eigenvalue weighted by molar-refractivity contribution is 5.80. The maximum atomic E-state index is 14.7. The summed E-state index contributed by atoms with van der Waals surface area (Å²) in [5.41, 5.74) is -35.2. The number of alkyl halides is 28. The van der Waals surface area contributed by atoms with Gasteiger partial charge in [-0.15, -0.1) is 0 Å². The molecule has 0 saturated heterocycles. The van der Waals surface area contributed by atoms with E-state index in [0.29, 0.717) is 19.8 Å². The van der Waals surface area contributed by atoms with E-state index in [1.54, 1.807) is 0 Å². The predicted octanol–water partition coefficient (Wildman–Crippen LogP) is 27.5. The Morgan fingerprint density at radius 1 is 0.232 bits per heavy atom. The summed E-state index contributed by atoms with van der Waals surface area (Å²) < 4.78 is 459. The molecule has 0 amide bonds. The van der Waals surface area contributed by atoms with E-state index in [4.69, 9.17) is 52.1 Å². The molecule has 7 aliphatic carbocycles. The van der Waals surface area contributed by atoms with Gasteiger partial charge in [-0.25, -0.2) is 33.2 Å². The highest BCUT2D eigenvalue weighted by Crippen LogP contribution is 2.64. The molecule has 828 valence electrons. The minimum absolute atomic E-state index is 0.0257. The second-order valence-corrected chi connectivity index (χ2v) is 44.0. The van der Waals surface area contributed by atoms with Gasteiger partial charge in [-0.3, -0.25) is 14.4 Å². The Labute approximate surface area is 803 Å². The number of hydrogen-bond acceptors (Lipinski definition) is 23. The van der Waals surface area contributed by atoms with E-state index >= 15 is 0 Å². The molecule has 0 aromatic carbocycles.